The summed E-state index contributed by atoms with van der Waals surface area (Å²) in [5, 5.41) is 4.27. The summed E-state index contributed by atoms with van der Waals surface area (Å²) in [6.07, 6.45) is 4.27. The molecule has 1 heterocycles. The van der Waals surface area contributed by atoms with Crippen LogP contribution in [0.2, 0.25) is 5.02 Å². The maximum atomic E-state index is 6.05. The van der Waals surface area contributed by atoms with E-state index in [0.29, 0.717) is 6.04 Å². The largest absolute Gasteiger partial charge is 0.464 e. The van der Waals surface area contributed by atoms with Crippen molar-refractivity contribution < 1.29 is 4.42 Å². The highest BCUT2D eigenvalue weighted by Crippen LogP contribution is 2.28. The van der Waals surface area contributed by atoms with Gasteiger partial charge in [0.2, 0.25) is 0 Å². The molecule has 0 atom stereocenters. The van der Waals surface area contributed by atoms with Crippen LogP contribution in [0.1, 0.15) is 18.4 Å². The first-order chi connectivity index (χ1) is 8.33. The molecule has 1 aliphatic carbocycles. The quantitative estimate of drug-likeness (QED) is 0.888. The number of halogens is 1. The Hall–Kier alpha value is -1.25. The van der Waals surface area contributed by atoms with E-state index in [1.807, 2.05) is 30.3 Å². The minimum absolute atomic E-state index is 0.693. The lowest BCUT2D eigenvalue weighted by Gasteiger charge is -2.09. The second kappa shape index (κ2) is 4.55. The van der Waals surface area contributed by atoms with Crippen LogP contribution in [0.25, 0.3) is 11.3 Å². The van der Waals surface area contributed by atoms with Crippen molar-refractivity contribution in [2.45, 2.75) is 25.4 Å². The molecule has 2 aromatic rings. The van der Waals surface area contributed by atoms with Crippen LogP contribution in [-0.2, 0) is 6.54 Å². The fourth-order valence-corrected chi connectivity index (χ4v) is 2.12. The molecule has 1 N–H and O–H groups in total. The van der Waals surface area contributed by atoms with Gasteiger partial charge in [0, 0.05) is 23.2 Å². The van der Waals surface area contributed by atoms with Crippen LogP contribution in [-0.4, -0.2) is 6.04 Å². The van der Waals surface area contributed by atoms with Crippen LogP contribution >= 0.6 is 11.6 Å². The van der Waals surface area contributed by atoms with E-state index >= 15 is 0 Å². The van der Waals surface area contributed by atoms with Crippen LogP contribution in [0.3, 0.4) is 0 Å². The molecule has 0 spiro atoms. The van der Waals surface area contributed by atoms with E-state index in [1.165, 1.54) is 18.4 Å². The van der Waals surface area contributed by atoms with E-state index in [0.717, 1.165) is 22.9 Å². The zero-order valence-corrected chi connectivity index (χ0v) is 10.2. The Labute approximate surface area is 106 Å². The van der Waals surface area contributed by atoms with Gasteiger partial charge in [-0.1, -0.05) is 11.6 Å². The van der Waals surface area contributed by atoms with Crippen LogP contribution in [0, 0.1) is 0 Å². The van der Waals surface area contributed by atoms with Gasteiger partial charge in [-0.05, 0) is 48.7 Å². The van der Waals surface area contributed by atoms with Crippen molar-refractivity contribution in [3.05, 3.63) is 47.2 Å². The van der Waals surface area contributed by atoms with Crippen molar-refractivity contribution >= 4 is 11.6 Å². The van der Waals surface area contributed by atoms with E-state index in [1.54, 1.807) is 6.26 Å². The number of furan rings is 1. The molecule has 1 aromatic carbocycles. The highest BCUT2D eigenvalue weighted by atomic mass is 35.5. The maximum Gasteiger partial charge on any atom is 0.134 e. The number of nitrogens with one attached hydrogen (secondary N) is 1. The maximum absolute atomic E-state index is 6.05. The van der Waals surface area contributed by atoms with Crippen molar-refractivity contribution in [1.29, 1.82) is 0 Å². The summed E-state index contributed by atoms with van der Waals surface area (Å²) < 4.78 is 5.45. The first kappa shape index (κ1) is 10.9. The molecule has 3 rings (SSSR count). The topological polar surface area (TPSA) is 25.2 Å². The van der Waals surface area contributed by atoms with Gasteiger partial charge >= 0.3 is 0 Å². The molecular formula is C14H14ClNO. The third-order valence-electron chi connectivity index (χ3n) is 3.01. The van der Waals surface area contributed by atoms with Gasteiger partial charge in [0.1, 0.15) is 5.76 Å². The Bertz CT molecular complexity index is 503. The Balaban J connectivity index is 1.89. The fraction of sp³-hybridized carbons (Fsp3) is 0.286. The van der Waals surface area contributed by atoms with Gasteiger partial charge < -0.3 is 9.73 Å². The van der Waals surface area contributed by atoms with E-state index in [-0.39, 0.29) is 0 Å². The SMILES string of the molecule is Clc1ccc(-c2ccco2)c(CNC2CC2)c1. The van der Waals surface area contributed by atoms with Crippen molar-refractivity contribution in [3.8, 4) is 11.3 Å². The molecule has 0 amide bonds. The fourth-order valence-electron chi connectivity index (χ4n) is 1.92. The van der Waals surface area contributed by atoms with E-state index < -0.39 is 0 Å². The zero-order chi connectivity index (χ0) is 11.7. The number of hydrogen-bond acceptors (Lipinski definition) is 2. The predicted octanol–water partition coefficient (Wildman–Crippen LogP) is 3.85. The molecule has 0 saturated heterocycles. The number of hydrogen-bond donors (Lipinski definition) is 1. The molecule has 17 heavy (non-hydrogen) atoms. The minimum Gasteiger partial charge on any atom is -0.464 e. The Morgan fingerprint density at radius 1 is 1.29 bits per heavy atom. The molecule has 1 aromatic heterocycles. The Morgan fingerprint density at radius 3 is 2.88 bits per heavy atom. The molecule has 1 saturated carbocycles. The summed E-state index contributed by atoms with van der Waals surface area (Å²) in [4.78, 5) is 0. The third-order valence-corrected chi connectivity index (χ3v) is 3.25. The molecule has 88 valence electrons. The smallest absolute Gasteiger partial charge is 0.134 e. The first-order valence-electron chi connectivity index (χ1n) is 5.88. The van der Waals surface area contributed by atoms with Crippen molar-refractivity contribution in [3.63, 3.8) is 0 Å². The lowest BCUT2D eigenvalue weighted by atomic mass is 10.1. The third kappa shape index (κ3) is 2.54. The van der Waals surface area contributed by atoms with E-state index in [9.17, 15) is 0 Å². The standard InChI is InChI=1S/C14H14ClNO/c15-11-3-6-13(14-2-1-7-17-14)10(8-11)9-16-12-4-5-12/h1-3,6-8,12,16H,4-5,9H2. The van der Waals surface area contributed by atoms with Gasteiger partial charge in [0.25, 0.3) is 0 Å². The molecule has 0 radical (unpaired) electrons. The van der Waals surface area contributed by atoms with Gasteiger partial charge in [0.15, 0.2) is 0 Å². The van der Waals surface area contributed by atoms with Gasteiger partial charge in [0.05, 0.1) is 6.26 Å². The number of rotatable bonds is 4. The molecule has 0 bridgehead atoms. The Kier molecular flexibility index (Phi) is 2.91. The van der Waals surface area contributed by atoms with Crippen LogP contribution in [0.4, 0.5) is 0 Å². The molecule has 0 aliphatic heterocycles. The molecule has 0 unspecified atom stereocenters. The lowest BCUT2D eigenvalue weighted by Crippen LogP contribution is -2.15. The minimum atomic E-state index is 0.693. The summed E-state index contributed by atoms with van der Waals surface area (Å²) in [6, 6.07) is 10.5. The molecule has 2 nitrogen and oxygen atoms in total. The monoisotopic (exact) mass is 247 g/mol. The predicted molar refractivity (Wildman–Crippen MR) is 69.0 cm³/mol. The molecule has 3 heteroatoms. The van der Waals surface area contributed by atoms with Gasteiger partial charge in [-0.25, -0.2) is 0 Å². The van der Waals surface area contributed by atoms with Gasteiger partial charge in [-0.3, -0.25) is 0 Å². The second-order valence-electron chi connectivity index (χ2n) is 4.43. The molecule has 1 aliphatic rings. The van der Waals surface area contributed by atoms with Crippen molar-refractivity contribution in [2.24, 2.45) is 0 Å². The van der Waals surface area contributed by atoms with Crippen LogP contribution in [0.15, 0.2) is 41.0 Å². The zero-order valence-electron chi connectivity index (χ0n) is 9.45. The van der Waals surface area contributed by atoms with E-state index in [4.69, 9.17) is 16.0 Å². The summed E-state index contributed by atoms with van der Waals surface area (Å²) >= 11 is 6.05. The summed E-state index contributed by atoms with van der Waals surface area (Å²) in [5.74, 6) is 0.897. The van der Waals surface area contributed by atoms with E-state index in [2.05, 4.69) is 5.32 Å². The highest BCUT2D eigenvalue weighted by Gasteiger charge is 2.20. The normalized spacial score (nSPS) is 15.1. The molecule has 1 fully saturated rings. The van der Waals surface area contributed by atoms with Crippen LogP contribution < -0.4 is 5.32 Å². The summed E-state index contributed by atoms with van der Waals surface area (Å²) in [5.41, 5.74) is 2.31. The first-order valence-corrected chi connectivity index (χ1v) is 6.26. The average Bonchev–Trinajstić information content (AvgIpc) is 3.00. The average molecular weight is 248 g/mol. The number of benzene rings is 1. The molecular weight excluding hydrogens is 234 g/mol. The summed E-state index contributed by atoms with van der Waals surface area (Å²) in [6.45, 7) is 0.848. The van der Waals surface area contributed by atoms with Crippen molar-refractivity contribution in [2.75, 3.05) is 0 Å². The highest BCUT2D eigenvalue weighted by molar-refractivity contribution is 6.30. The lowest BCUT2D eigenvalue weighted by molar-refractivity contribution is 0.580. The van der Waals surface area contributed by atoms with Crippen molar-refractivity contribution in [1.82, 2.24) is 5.32 Å². The van der Waals surface area contributed by atoms with Gasteiger partial charge in [-0.2, -0.15) is 0 Å². The van der Waals surface area contributed by atoms with Crippen LogP contribution in [0.5, 0.6) is 0 Å². The van der Waals surface area contributed by atoms with Gasteiger partial charge in [-0.15, -0.1) is 0 Å². The second-order valence-corrected chi connectivity index (χ2v) is 4.87. The Morgan fingerprint density at radius 2 is 2.18 bits per heavy atom. The summed E-state index contributed by atoms with van der Waals surface area (Å²) in [7, 11) is 0.